The highest BCUT2D eigenvalue weighted by Crippen LogP contribution is 2.35. The zero-order valence-corrected chi connectivity index (χ0v) is 10.1. The number of carboxylic acid groups (broad SMARTS) is 1. The molecule has 1 aliphatic rings. The average molecular weight is 250 g/mol. The molecular formula is C9H18N2O4S. The zero-order valence-electron chi connectivity index (χ0n) is 9.30. The molecule has 0 saturated heterocycles. The lowest BCUT2D eigenvalue weighted by molar-refractivity contribution is -0.136. The number of rotatable bonds is 7. The van der Waals surface area contributed by atoms with Gasteiger partial charge in [-0.3, -0.25) is 4.79 Å². The van der Waals surface area contributed by atoms with Crippen LogP contribution in [-0.2, 0) is 14.8 Å². The van der Waals surface area contributed by atoms with E-state index in [-0.39, 0.29) is 24.8 Å². The fraction of sp³-hybridized carbons (Fsp3) is 0.889. The summed E-state index contributed by atoms with van der Waals surface area (Å²) in [5.41, 5.74) is 5.54. The maximum Gasteiger partial charge on any atom is 0.304 e. The van der Waals surface area contributed by atoms with Gasteiger partial charge in [0.2, 0.25) is 10.0 Å². The van der Waals surface area contributed by atoms with Crippen LogP contribution in [0.2, 0.25) is 0 Å². The predicted octanol–water partition coefficient (Wildman–Crippen LogP) is -0.540. The maximum absolute atomic E-state index is 11.8. The summed E-state index contributed by atoms with van der Waals surface area (Å²) >= 11 is 0. The van der Waals surface area contributed by atoms with Crippen LogP contribution in [0.15, 0.2) is 0 Å². The Balaban J connectivity index is 2.62. The molecule has 94 valence electrons. The summed E-state index contributed by atoms with van der Waals surface area (Å²) in [4.78, 5) is 10.3. The number of hydrogen-bond acceptors (Lipinski definition) is 4. The lowest BCUT2D eigenvalue weighted by Crippen LogP contribution is -2.44. The topological polar surface area (TPSA) is 101 Å². The second kappa shape index (κ2) is 5.11. The van der Waals surface area contributed by atoms with Gasteiger partial charge in [0.15, 0.2) is 0 Å². The quantitative estimate of drug-likeness (QED) is 0.632. The highest BCUT2D eigenvalue weighted by molar-refractivity contribution is 7.89. The van der Waals surface area contributed by atoms with E-state index in [0.29, 0.717) is 5.92 Å². The first kappa shape index (κ1) is 13.4. The van der Waals surface area contributed by atoms with Crippen LogP contribution < -0.4 is 5.73 Å². The molecule has 0 bridgehead atoms. The molecule has 0 spiro atoms. The first-order valence-electron chi connectivity index (χ1n) is 5.26. The van der Waals surface area contributed by atoms with E-state index in [0.717, 1.165) is 12.8 Å². The van der Waals surface area contributed by atoms with Crippen LogP contribution in [0.1, 0.15) is 19.3 Å². The van der Waals surface area contributed by atoms with E-state index < -0.39 is 16.0 Å². The van der Waals surface area contributed by atoms with Crippen molar-refractivity contribution in [2.45, 2.75) is 25.3 Å². The van der Waals surface area contributed by atoms with Gasteiger partial charge < -0.3 is 10.8 Å². The molecule has 1 unspecified atom stereocenters. The number of carboxylic acids is 1. The molecule has 0 aromatic rings. The molecule has 1 rings (SSSR count). The number of carbonyl (C=O) groups is 1. The van der Waals surface area contributed by atoms with Crippen molar-refractivity contribution < 1.29 is 18.3 Å². The van der Waals surface area contributed by atoms with Gasteiger partial charge in [0.05, 0.1) is 12.2 Å². The smallest absolute Gasteiger partial charge is 0.304 e. The Morgan fingerprint density at radius 3 is 2.50 bits per heavy atom. The summed E-state index contributed by atoms with van der Waals surface area (Å²) in [5, 5.41) is 8.47. The summed E-state index contributed by atoms with van der Waals surface area (Å²) in [7, 11) is -2.02. The molecule has 0 aromatic heterocycles. The van der Waals surface area contributed by atoms with Crippen molar-refractivity contribution in [3.8, 4) is 0 Å². The monoisotopic (exact) mass is 250 g/mol. The highest BCUT2D eigenvalue weighted by atomic mass is 32.2. The molecule has 0 amide bonds. The van der Waals surface area contributed by atoms with E-state index in [1.165, 1.54) is 11.4 Å². The third-order valence-electron chi connectivity index (χ3n) is 2.89. The standard InChI is InChI=1S/C9H18N2O4S/c1-11(8(6-10)7-2-3-7)16(14,15)5-4-9(12)13/h7-8H,2-6,10H2,1H3,(H,12,13). The largest absolute Gasteiger partial charge is 0.481 e. The van der Waals surface area contributed by atoms with E-state index in [2.05, 4.69) is 0 Å². The van der Waals surface area contributed by atoms with Crippen molar-refractivity contribution in [2.24, 2.45) is 11.7 Å². The molecule has 1 atom stereocenters. The van der Waals surface area contributed by atoms with Gasteiger partial charge in [-0.05, 0) is 18.8 Å². The van der Waals surface area contributed by atoms with Crippen LogP contribution in [0, 0.1) is 5.92 Å². The number of nitrogens with zero attached hydrogens (tertiary/aromatic N) is 1. The highest BCUT2D eigenvalue weighted by Gasteiger charge is 2.37. The Hall–Kier alpha value is -0.660. The van der Waals surface area contributed by atoms with Crippen LogP contribution in [-0.4, -0.2) is 49.2 Å². The van der Waals surface area contributed by atoms with Crippen LogP contribution in [0.25, 0.3) is 0 Å². The molecule has 1 aliphatic carbocycles. The van der Waals surface area contributed by atoms with Crippen LogP contribution >= 0.6 is 0 Å². The Labute approximate surface area is 95.5 Å². The van der Waals surface area contributed by atoms with Gasteiger partial charge in [-0.2, -0.15) is 0 Å². The first-order chi connectivity index (χ1) is 7.38. The van der Waals surface area contributed by atoms with Crippen LogP contribution in [0.5, 0.6) is 0 Å². The van der Waals surface area contributed by atoms with Gasteiger partial charge in [0, 0.05) is 19.6 Å². The van der Waals surface area contributed by atoms with E-state index in [9.17, 15) is 13.2 Å². The fourth-order valence-electron chi connectivity index (χ4n) is 1.69. The Morgan fingerprint density at radius 1 is 1.56 bits per heavy atom. The molecule has 16 heavy (non-hydrogen) atoms. The van der Waals surface area contributed by atoms with Crippen molar-refractivity contribution in [2.75, 3.05) is 19.3 Å². The summed E-state index contributed by atoms with van der Waals surface area (Å²) in [6, 6.07) is -0.182. The molecule has 1 fully saturated rings. The zero-order chi connectivity index (χ0) is 12.3. The van der Waals surface area contributed by atoms with E-state index in [1.54, 1.807) is 0 Å². The third-order valence-corrected chi connectivity index (χ3v) is 4.76. The van der Waals surface area contributed by atoms with Crippen LogP contribution in [0.4, 0.5) is 0 Å². The molecule has 7 heteroatoms. The molecule has 0 aliphatic heterocycles. The normalized spacial score (nSPS) is 18.7. The minimum Gasteiger partial charge on any atom is -0.481 e. The third kappa shape index (κ3) is 3.43. The average Bonchev–Trinajstić information content (AvgIpc) is 3.00. The van der Waals surface area contributed by atoms with Crippen molar-refractivity contribution in [1.29, 1.82) is 0 Å². The first-order valence-corrected chi connectivity index (χ1v) is 6.87. The lowest BCUT2D eigenvalue weighted by atomic mass is 10.2. The second-order valence-electron chi connectivity index (χ2n) is 4.12. The van der Waals surface area contributed by atoms with E-state index in [1.807, 2.05) is 0 Å². The van der Waals surface area contributed by atoms with Crippen molar-refractivity contribution in [1.82, 2.24) is 4.31 Å². The van der Waals surface area contributed by atoms with Crippen molar-refractivity contribution in [3.63, 3.8) is 0 Å². The minimum absolute atomic E-state index is 0.182. The number of hydrogen-bond donors (Lipinski definition) is 2. The van der Waals surface area contributed by atoms with Gasteiger partial charge in [0.1, 0.15) is 0 Å². The number of aliphatic carboxylic acids is 1. The Bertz CT molecular complexity index is 351. The Morgan fingerprint density at radius 2 is 2.12 bits per heavy atom. The number of likely N-dealkylation sites (N-methyl/N-ethyl adjacent to an activating group) is 1. The summed E-state index contributed by atoms with van der Waals surface area (Å²) in [5.74, 6) is -1.12. The molecule has 0 heterocycles. The van der Waals surface area contributed by atoms with Gasteiger partial charge in [-0.25, -0.2) is 12.7 Å². The van der Waals surface area contributed by atoms with Crippen LogP contribution in [0.3, 0.4) is 0 Å². The maximum atomic E-state index is 11.8. The SMILES string of the molecule is CN(C(CN)C1CC1)S(=O)(=O)CCC(=O)O. The summed E-state index contributed by atoms with van der Waals surface area (Å²) < 4.78 is 24.8. The van der Waals surface area contributed by atoms with E-state index in [4.69, 9.17) is 10.8 Å². The Kier molecular flexibility index (Phi) is 4.28. The molecule has 0 aromatic carbocycles. The van der Waals surface area contributed by atoms with Gasteiger partial charge >= 0.3 is 5.97 Å². The minimum atomic E-state index is -3.50. The number of sulfonamides is 1. The summed E-state index contributed by atoms with van der Waals surface area (Å²) in [6.45, 7) is 0.285. The van der Waals surface area contributed by atoms with Gasteiger partial charge in [-0.15, -0.1) is 0 Å². The molecular weight excluding hydrogens is 232 g/mol. The van der Waals surface area contributed by atoms with Gasteiger partial charge in [-0.1, -0.05) is 0 Å². The molecule has 3 N–H and O–H groups in total. The number of nitrogens with two attached hydrogens (primary N) is 1. The fourth-order valence-corrected chi connectivity index (χ4v) is 3.08. The molecule has 6 nitrogen and oxygen atoms in total. The molecule has 0 radical (unpaired) electrons. The van der Waals surface area contributed by atoms with Crippen molar-refractivity contribution in [3.05, 3.63) is 0 Å². The predicted molar refractivity (Wildman–Crippen MR) is 59.4 cm³/mol. The van der Waals surface area contributed by atoms with Crippen molar-refractivity contribution >= 4 is 16.0 Å². The van der Waals surface area contributed by atoms with E-state index >= 15 is 0 Å². The lowest BCUT2D eigenvalue weighted by Gasteiger charge is -2.26. The van der Waals surface area contributed by atoms with Gasteiger partial charge in [0.25, 0.3) is 0 Å². The second-order valence-corrected chi connectivity index (χ2v) is 6.26. The molecule has 1 saturated carbocycles. The summed E-state index contributed by atoms with van der Waals surface area (Å²) in [6.07, 6.45) is 1.63.